The van der Waals surface area contributed by atoms with Crippen LogP contribution in [0.5, 0.6) is 0 Å². The van der Waals surface area contributed by atoms with E-state index >= 15 is 13.2 Å². The molecular formula is C27H25ClF3N3O2S. The fourth-order valence-electron chi connectivity index (χ4n) is 4.69. The summed E-state index contributed by atoms with van der Waals surface area (Å²) in [6, 6.07) is 8.87. The smallest absolute Gasteiger partial charge is 0.291 e. The van der Waals surface area contributed by atoms with Gasteiger partial charge in [-0.2, -0.15) is 13.9 Å². The second kappa shape index (κ2) is 10.2. The Morgan fingerprint density at radius 2 is 1.92 bits per heavy atom. The molecule has 1 aromatic heterocycles. The van der Waals surface area contributed by atoms with Gasteiger partial charge in [0.15, 0.2) is 5.03 Å². The molecule has 1 heterocycles. The predicted octanol–water partition coefficient (Wildman–Crippen LogP) is 6.02. The third kappa shape index (κ3) is 5.16. The highest BCUT2D eigenvalue weighted by atomic mass is 35.5. The van der Waals surface area contributed by atoms with Gasteiger partial charge in [0.1, 0.15) is 16.6 Å². The fourth-order valence-corrected chi connectivity index (χ4v) is 6.27. The van der Waals surface area contributed by atoms with Crippen molar-refractivity contribution < 1.29 is 22.2 Å². The molecule has 2 aromatic carbocycles. The molecule has 0 aliphatic heterocycles. The summed E-state index contributed by atoms with van der Waals surface area (Å²) >= 11 is 6.04. The number of amides is 1. The first kappa shape index (κ1) is 25.9. The zero-order chi connectivity index (χ0) is 26.3. The SMILES string of the molecule is Cc1ccc(C(F)(F)CNC(=O)c2c(S(=O)c3cccc(C4CC4)c3F)nnc3c2CCCC3)c(Cl)c1. The maximum Gasteiger partial charge on any atom is 0.291 e. The third-order valence-corrected chi connectivity index (χ3v) is 8.48. The highest BCUT2D eigenvalue weighted by Crippen LogP contribution is 2.42. The van der Waals surface area contributed by atoms with Gasteiger partial charge in [-0.3, -0.25) is 4.79 Å². The van der Waals surface area contributed by atoms with Crippen LogP contribution in [-0.4, -0.2) is 26.9 Å². The molecule has 0 bridgehead atoms. The predicted molar refractivity (Wildman–Crippen MR) is 134 cm³/mol. The monoisotopic (exact) mass is 547 g/mol. The Balaban J connectivity index is 1.49. The number of aromatic nitrogens is 2. The van der Waals surface area contributed by atoms with E-state index in [0.29, 0.717) is 29.7 Å². The Morgan fingerprint density at radius 3 is 2.65 bits per heavy atom. The van der Waals surface area contributed by atoms with E-state index in [1.165, 1.54) is 24.3 Å². The average Bonchev–Trinajstić information content (AvgIpc) is 3.71. The minimum Gasteiger partial charge on any atom is -0.346 e. The zero-order valence-electron chi connectivity index (χ0n) is 20.1. The summed E-state index contributed by atoms with van der Waals surface area (Å²) in [6.07, 6.45) is 4.34. The van der Waals surface area contributed by atoms with E-state index in [4.69, 9.17) is 11.6 Å². The van der Waals surface area contributed by atoms with Gasteiger partial charge < -0.3 is 5.32 Å². The Kier molecular flexibility index (Phi) is 7.11. The van der Waals surface area contributed by atoms with Gasteiger partial charge in [0.05, 0.1) is 27.7 Å². The fraction of sp³-hybridized carbons (Fsp3) is 0.370. The van der Waals surface area contributed by atoms with E-state index in [9.17, 15) is 9.00 Å². The van der Waals surface area contributed by atoms with Crippen molar-refractivity contribution in [1.29, 1.82) is 0 Å². The maximum atomic E-state index is 15.3. The Morgan fingerprint density at radius 1 is 1.16 bits per heavy atom. The van der Waals surface area contributed by atoms with Crippen molar-refractivity contribution in [2.45, 2.75) is 67.2 Å². The summed E-state index contributed by atoms with van der Waals surface area (Å²) in [5.41, 5.74) is 1.84. The first-order valence-electron chi connectivity index (χ1n) is 12.2. The number of benzene rings is 2. The molecule has 3 aromatic rings. The van der Waals surface area contributed by atoms with Crippen molar-refractivity contribution in [2.24, 2.45) is 0 Å². The molecule has 37 heavy (non-hydrogen) atoms. The minimum absolute atomic E-state index is 0.0648. The van der Waals surface area contributed by atoms with Crippen LogP contribution in [0.15, 0.2) is 46.3 Å². The van der Waals surface area contributed by atoms with E-state index in [1.54, 1.807) is 19.1 Å². The molecule has 2 aliphatic rings. The molecule has 1 fully saturated rings. The molecule has 5 nitrogen and oxygen atoms in total. The van der Waals surface area contributed by atoms with Crippen LogP contribution in [0.2, 0.25) is 5.02 Å². The standard InChI is InChI=1S/C27H25ClF3N3O2S/c1-15-9-12-19(20(28)13-15)27(30,31)14-32-25(35)23-18-5-2-3-7-21(18)33-34-26(23)37(36)22-8-4-6-17(24(22)29)16-10-11-16/h4,6,8-9,12-13,16H,2-3,5,7,10-11,14H2,1H3,(H,32,35). The summed E-state index contributed by atoms with van der Waals surface area (Å²) in [5, 5.41) is 10.2. The number of hydrogen-bond donors (Lipinski definition) is 1. The van der Waals surface area contributed by atoms with Crippen LogP contribution >= 0.6 is 11.6 Å². The molecule has 2 aliphatic carbocycles. The number of hydrogen-bond acceptors (Lipinski definition) is 4. The van der Waals surface area contributed by atoms with Gasteiger partial charge in [-0.1, -0.05) is 35.9 Å². The van der Waals surface area contributed by atoms with Gasteiger partial charge >= 0.3 is 0 Å². The van der Waals surface area contributed by atoms with Crippen molar-refractivity contribution in [2.75, 3.05) is 6.54 Å². The molecule has 1 atom stereocenters. The lowest BCUT2D eigenvalue weighted by atomic mass is 9.93. The number of alkyl halides is 2. The van der Waals surface area contributed by atoms with Crippen LogP contribution < -0.4 is 5.32 Å². The first-order chi connectivity index (χ1) is 17.7. The highest BCUT2D eigenvalue weighted by Gasteiger charge is 2.36. The molecule has 1 saturated carbocycles. The number of nitrogens with one attached hydrogen (secondary N) is 1. The quantitative estimate of drug-likeness (QED) is 0.392. The van der Waals surface area contributed by atoms with E-state index in [1.807, 2.05) is 0 Å². The van der Waals surface area contributed by atoms with Crippen molar-refractivity contribution in [3.63, 3.8) is 0 Å². The first-order valence-corrected chi connectivity index (χ1v) is 13.7. The van der Waals surface area contributed by atoms with Gasteiger partial charge in [0.25, 0.3) is 11.8 Å². The normalized spacial score (nSPS) is 16.2. The molecule has 0 saturated heterocycles. The van der Waals surface area contributed by atoms with Crippen LogP contribution in [0.1, 0.15) is 69.9 Å². The summed E-state index contributed by atoms with van der Waals surface area (Å²) < 4.78 is 58.9. The third-order valence-electron chi connectivity index (χ3n) is 6.82. The van der Waals surface area contributed by atoms with Crippen LogP contribution in [0, 0.1) is 12.7 Å². The maximum absolute atomic E-state index is 15.3. The van der Waals surface area contributed by atoms with Crippen LogP contribution in [0.25, 0.3) is 0 Å². The number of nitrogens with zero attached hydrogens (tertiary/aromatic N) is 2. The van der Waals surface area contributed by atoms with E-state index in [2.05, 4.69) is 15.5 Å². The molecule has 0 spiro atoms. The van der Waals surface area contributed by atoms with Gasteiger partial charge in [-0.05, 0) is 80.2 Å². The number of carbonyl (C=O) groups is 1. The Labute approximate surface area is 220 Å². The zero-order valence-corrected chi connectivity index (χ0v) is 21.7. The van der Waals surface area contributed by atoms with Gasteiger partial charge in [-0.25, -0.2) is 8.60 Å². The topological polar surface area (TPSA) is 72.0 Å². The summed E-state index contributed by atoms with van der Waals surface area (Å²) in [5.74, 6) is -4.80. The molecule has 1 unspecified atom stereocenters. The molecular weight excluding hydrogens is 523 g/mol. The average molecular weight is 548 g/mol. The molecule has 1 N–H and O–H groups in total. The summed E-state index contributed by atoms with van der Waals surface area (Å²) in [7, 11) is -2.17. The lowest BCUT2D eigenvalue weighted by Crippen LogP contribution is -2.37. The minimum atomic E-state index is -3.45. The lowest BCUT2D eigenvalue weighted by Gasteiger charge is -2.22. The Hall–Kier alpha value is -2.78. The van der Waals surface area contributed by atoms with E-state index < -0.39 is 40.6 Å². The Bertz CT molecular complexity index is 1410. The number of rotatable bonds is 7. The van der Waals surface area contributed by atoms with Crippen molar-refractivity contribution in [1.82, 2.24) is 15.5 Å². The van der Waals surface area contributed by atoms with Crippen LogP contribution in [-0.2, 0) is 29.6 Å². The second-order valence-corrected chi connectivity index (χ2v) is 11.4. The summed E-state index contributed by atoms with van der Waals surface area (Å²) in [4.78, 5) is 13.3. The van der Waals surface area contributed by atoms with Crippen molar-refractivity contribution in [3.05, 3.63) is 80.7 Å². The second-order valence-electron chi connectivity index (χ2n) is 9.59. The molecule has 194 valence electrons. The number of halogens is 4. The van der Waals surface area contributed by atoms with Gasteiger partial charge in [0, 0.05) is 5.56 Å². The highest BCUT2D eigenvalue weighted by molar-refractivity contribution is 7.85. The number of aryl methyl sites for hydroxylation is 2. The molecule has 5 rings (SSSR count). The van der Waals surface area contributed by atoms with Crippen LogP contribution in [0.4, 0.5) is 13.2 Å². The summed E-state index contributed by atoms with van der Waals surface area (Å²) in [6.45, 7) is 0.712. The van der Waals surface area contributed by atoms with E-state index in [-0.39, 0.29) is 26.4 Å². The molecule has 0 radical (unpaired) electrons. The lowest BCUT2D eigenvalue weighted by molar-refractivity contribution is -0.00243. The largest absolute Gasteiger partial charge is 0.346 e. The van der Waals surface area contributed by atoms with Gasteiger partial charge in [-0.15, -0.1) is 5.10 Å². The molecule has 1 amide bonds. The van der Waals surface area contributed by atoms with Crippen molar-refractivity contribution in [3.8, 4) is 0 Å². The number of fused-ring (bicyclic) bond motifs is 1. The van der Waals surface area contributed by atoms with Gasteiger partial charge in [0.2, 0.25) is 0 Å². The van der Waals surface area contributed by atoms with Crippen LogP contribution in [0.3, 0.4) is 0 Å². The molecule has 10 heteroatoms. The van der Waals surface area contributed by atoms with E-state index in [0.717, 1.165) is 31.2 Å². The van der Waals surface area contributed by atoms with Crippen molar-refractivity contribution >= 4 is 28.3 Å². The number of carbonyl (C=O) groups excluding carboxylic acids is 1.